The summed E-state index contributed by atoms with van der Waals surface area (Å²) in [5, 5.41) is 2.79. The van der Waals surface area contributed by atoms with Crippen molar-refractivity contribution >= 4 is 11.9 Å². The molecule has 2 aromatic carbocycles. The summed E-state index contributed by atoms with van der Waals surface area (Å²) in [5.74, 6) is 0.0920. The highest BCUT2D eigenvalue weighted by molar-refractivity contribution is 5.83. The van der Waals surface area contributed by atoms with E-state index in [1.165, 1.54) is 0 Å². The number of carbonyl (C=O) groups excluding carboxylic acids is 2. The lowest BCUT2D eigenvalue weighted by Crippen LogP contribution is -2.37. The summed E-state index contributed by atoms with van der Waals surface area (Å²) in [6.45, 7) is 4.04. The van der Waals surface area contributed by atoms with E-state index in [0.717, 1.165) is 22.4 Å². The molecule has 0 aliphatic carbocycles. The van der Waals surface area contributed by atoms with Gasteiger partial charge in [0, 0.05) is 6.54 Å². The van der Waals surface area contributed by atoms with Crippen LogP contribution in [0.1, 0.15) is 23.6 Å². The first kappa shape index (κ1) is 19.5. The van der Waals surface area contributed by atoms with Gasteiger partial charge in [0.15, 0.2) is 6.10 Å². The van der Waals surface area contributed by atoms with Crippen molar-refractivity contribution in [1.29, 1.82) is 0 Å². The zero-order valence-corrected chi connectivity index (χ0v) is 15.5. The van der Waals surface area contributed by atoms with Crippen LogP contribution in [-0.2, 0) is 27.2 Å². The van der Waals surface area contributed by atoms with Gasteiger partial charge in [0.1, 0.15) is 5.75 Å². The Morgan fingerprint density at radius 2 is 1.62 bits per heavy atom. The average molecular weight is 355 g/mol. The highest BCUT2D eigenvalue weighted by atomic mass is 16.5. The van der Waals surface area contributed by atoms with Crippen molar-refractivity contribution in [1.82, 2.24) is 5.32 Å². The van der Waals surface area contributed by atoms with Crippen LogP contribution in [0.15, 0.2) is 48.5 Å². The molecule has 0 bridgehead atoms. The molecule has 0 aliphatic rings. The Labute approximate surface area is 154 Å². The molecular formula is C21H25NO4. The summed E-state index contributed by atoms with van der Waals surface area (Å²) >= 11 is 0. The Morgan fingerprint density at radius 3 is 2.23 bits per heavy atom. The summed E-state index contributed by atoms with van der Waals surface area (Å²) in [6, 6.07) is 15.3. The van der Waals surface area contributed by atoms with Crippen LogP contribution >= 0.6 is 0 Å². The minimum atomic E-state index is -0.816. The molecule has 1 amide bonds. The molecule has 5 nitrogen and oxygen atoms in total. The van der Waals surface area contributed by atoms with Crippen LogP contribution in [0.25, 0.3) is 0 Å². The van der Waals surface area contributed by atoms with Crippen molar-refractivity contribution in [3.63, 3.8) is 0 Å². The number of hydrogen-bond donors (Lipinski definition) is 1. The number of hydrogen-bond acceptors (Lipinski definition) is 4. The van der Waals surface area contributed by atoms with Crippen LogP contribution in [0.2, 0.25) is 0 Å². The average Bonchev–Trinajstić information content (AvgIpc) is 2.64. The van der Waals surface area contributed by atoms with Crippen molar-refractivity contribution in [3.8, 4) is 5.75 Å². The third-order valence-electron chi connectivity index (χ3n) is 4.02. The van der Waals surface area contributed by atoms with Crippen LogP contribution in [-0.4, -0.2) is 31.6 Å². The molecule has 1 N–H and O–H groups in total. The molecule has 2 rings (SSSR count). The fourth-order valence-corrected chi connectivity index (χ4v) is 2.43. The van der Waals surface area contributed by atoms with Crippen LogP contribution in [0, 0.1) is 6.92 Å². The second-order valence-corrected chi connectivity index (χ2v) is 6.18. The number of esters is 1. The molecule has 0 saturated carbocycles. The number of carbonyl (C=O) groups is 2. The van der Waals surface area contributed by atoms with E-state index in [0.29, 0.717) is 13.0 Å². The summed E-state index contributed by atoms with van der Waals surface area (Å²) in [7, 11) is 1.62. The number of aryl methyl sites for hydroxylation is 1. The van der Waals surface area contributed by atoms with Crippen molar-refractivity contribution in [3.05, 3.63) is 65.2 Å². The van der Waals surface area contributed by atoms with Gasteiger partial charge in [-0.3, -0.25) is 9.59 Å². The second-order valence-electron chi connectivity index (χ2n) is 6.18. The molecule has 0 spiro atoms. The maximum atomic E-state index is 12.1. The highest BCUT2D eigenvalue weighted by Crippen LogP contribution is 2.11. The Hall–Kier alpha value is -2.82. The fraction of sp³-hybridized carbons (Fsp3) is 0.333. The normalized spacial score (nSPS) is 11.5. The summed E-state index contributed by atoms with van der Waals surface area (Å²) < 4.78 is 10.3. The predicted molar refractivity (Wildman–Crippen MR) is 100 cm³/mol. The lowest BCUT2D eigenvalue weighted by molar-refractivity contribution is -0.154. The molecular weight excluding hydrogens is 330 g/mol. The molecule has 1 atom stereocenters. The first-order chi connectivity index (χ1) is 12.5. The van der Waals surface area contributed by atoms with Crippen LogP contribution in [0.5, 0.6) is 5.75 Å². The number of ether oxygens (including phenoxy) is 2. The minimum Gasteiger partial charge on any atom is -0.497 e. The summed E-state index contributed by atoms with van der Waals surface area (Å²) in [6.07, 6.45) is 0.0348. The SMILES string of the molecule is COc1ccc(CCNC(=O)[C@H](C)OC(=O)Cc2ccc(C)cc2)cc1. The smallest absolute Gasteiger partial charge is 0.311 e. The standard InChI is InChI=1S/C21H25NO4/c1-15-4-6-18(7-5-15)14-20(23)26-16(2)21(24)22-13-12-17-8-10-19(25-3)11-9-17/h4-11,16H,12-14H2,1-3H3,(H,22,24)/t16-/m0/s1. The van der Waals surface area contributed by atoms with Gasteiger partial charge < -0.3 is 14.8 Å². The Kier molecular flexibility index (Phi) is 7.21. The van der Waals surface area contributed by atoms with Crippen molar-refractivity contribution in [2.75, 3.05) is 13.7 Å². The molecule has 2 aromatic rings. The lowest BCUT2D eigenvalue weighted by atomic mass is 10.1. The van der Waals surface area contributed by atoms with Gasteiger partial charge in [-0.2, -0.15) is 0 Å². The van der Waals surface area contributed by atoms with Crippen LogP contribution in [0.4, 0.5) is 0 Å². The van der Waals surface area contributed by atoms with Crippen molar-refractivity contribution in [2.45, 2.75) is 32.8 Å². The lowest BCUT2D eigenvalue weighted by Gasteiger charge is -2.13. The van der Waals surface area contributed by atoms with Gasteiger partial charge in [-0.1, -0.05) is 42.0 Å². The van der Waals surface area contributed by atoms with E-state index >= 15 is 0 Å². The first-order valence-electron chi connectivity index (χ1n) is 8.63. The summed E-state index contributed by atoms with van der Waals surface area (Å²) in [4.78, 5) is 24.0. The number of nitrogens with one attached hydrogen (secondary N) is 1. The van der Waals surface area contributed by atoms with Crippen molar-refractivity contribution in [2.24, 2.45) is 0 Å². The van der Waals surface area contributed by atoms with Gasteiger partial charge in [-0.25, -0.2) is 0 Å². The van der Waals surface area contributed by atoms with E-state index in [2.05, 4.69) is 5.32 Å². The fourth-order valence-electron chi connectivity index (χ4n) is 2.43. The summed E-state index contributed by atoms with van der Waals surface area (Å²) in [5.41, 5.74) is 3.09. The number of benzene rings is 2. The molecule has 26 heavy (non-hydrogen) atoms. The zero-order chi connectivity index (χ0) is 18.9. The molecule has 138 valence electrons. The van der Waals surface area contributed by atoms with E-state index in [-0.39, 0.29) is 12.3 Å². The number of amides is 1. The number of rotatable bonds is 8. The van der Waals surface area contributed by atoms with Gasteiger partial charge in [-0.05, 0) is 43.5 Å². The third kappa shape index (κ3) is 6.24. The molecule has 0 radical (unpaired) electrons. The van der Waals surface area contributed by atoms with Crippen LogP contribution < -0.4 is 10.1 Å². The second kappa shape index (κ2) is 9.61. The Balaban J connectivity index is 1.72. The van der Waals surface area contributed by atoms with E-state index in [1.807, 2.05) is 55.5 Å². The Morgan fingerprint density at radius 1 is 1.00 bits per heavy atom. The van der Waals surface area contributed by atoms with Gasteiger partial charge in [0.2, 0.25) is 0 Å². The molecule has 0 saturated heterocycles. The van der Waals surface area contributed by atoms with E-state index in [1.54, 1.807) is 14.0 Å². The van der Waals surface area contributed by atoms with Gasteiger partial charge in [0.05, 0.1) is 13.5 Å². The number of methoxy groups -OCH3 is 1. The molecule has 0 aliphatic heterocycles. The van der Waals surface area contributed by atoms with E-state index < -0.39 is 12.1 Å². The molecule has 5 heteroatoms. The predicted octanol–water partition coefficient (Wildman–Crippen LogP) is 2.84. The molecule has 0 fully saturated rings. The topological polar surface area (TPSA) is 64.6 Å². The largest absolute Gasteiger partial charge is 0.497 e. The molecule has 0 unspecified atom stereocenters. The maximum absolute atomic E-state index is 12.1. The quantitative estimate of drug-likeness (QED) is 0.740. The van der Waals surface area contributed by atoms with Gasteiger partial charge in [0.25, 0.3) is 5.91 Å². The molecule has 0 heterocycles. The van der Waals surface area contributed by atoms with Crippen LogP contribution in [0.3, 0.4) is 0 Å². The first-order valence-corrected chi connectivity index (χ1v) is 8.63. The Bertz CT molecular complexity index is 723. The zero-order valence-electron chi connectivity index (χ0n) is 15.5. The van der Waals surface area contributed by atoms with E-state index in [9.17, 15) is 9.59 Å². The molecule has 0 aromatic heterocycles. The monoisotopic (exact) mass is 355 g/mol. The minimum absolute atomic E-state index is 0.156. The third-order valence-corrected chi connectivity index (χ3v) is 4.02. The maximum Gasteiger partial charge on any atom is 0.311 e. The van der Waals surface area contributed by atoms with E-state index in [4.69, 9.17) is 9.47 Å². The van der Waals surface area contributed by atoms with Gasteiger partial charge in [-0.15, -0.1) is 0 Å². The van der Waals surface area contributed by atoms with Crippen molar-refractivity contribution < 1.29 is 19.1 Å². The highest BCUT2D eigenvalue weighted by Gasteiger charge is 2.17. The van der Waals surface area contributed by atoms with Gasteiger partial charge >= 0.3 is 5.97 Å².